The predicted octanol–water partition coefficient (Wildman–Crippen LogP) is 1.84. The zero-order chi connectivity index (χ0) is 19.7. The molecule has 7 heteroatoms. The summed E-state index contributed by atoms with van der Waals surface area (Å²) in [7, 11) is 2.11. The third-order valence-electron chi connectivity index (χ3n) is 7.09. The molecule has 1 aromatic rings. The van der Waals surface area contributed by atoms with Gasteiger partial charge in [-0.05, 0) is 70.5 Å². The van der Waals surface area contributed by atoms with Gasteiger partial charge < -0.3 is 9.80 Å². The summed E-state index contributed by atoms with van der Waals surface area (Å²) in [5.41, 5.74) is 0.537. The molecule has 7 nitrogen and oxygen atoms in total. The van der Waals surface area contributed by atoms with Gasteiger partial charge in [-0.1, -0.05) is 0 Å². The molecular formula is C21H33N5O2. The molecule has 3 aliphatic heterocycles. The first kappa shape index (κ1) is 19.4. The molecule has 0 bridgehead atoms. The standard InChI is InChI=1S/C21H33N5O2/c1-3-26-14-7-17(22-26)19(27)25-15-9-21(10-16-25)8-6-11-23(2)18(21)20(28)24-12-4-5-13-24/h7,14,18H,3-6,8-13,15-16H2,1-2H3. The van der Waals surface area contributed by atoms with Gasteiger partial charge in [0.05, 0.1) is 6.04 Å². The van der Waals surface area contributed by atoms with Crippen molar-refractivity contribution in [3.63, 3.8) is 0 Å². The molecule has 154 valence electrons. The van der Waals surface area contributed by atoms with Gasteiger partial charge in [-0.3, -0.25) is 19.2 Å². The largest absolute Gasteiger partial charge is 0.341 e. The topological polar surface area (TPSA) is 61.7 Å². The highest BCUT2D eigenvalue weighted by Crippen LogP contribution is 2.45. The first-order chi connectivity index (χ1) is 13.5. The van der Waals surface area contributed by atoms with Crippen LogP contribution in [0.1, 0.15) is 55.9 Å². The number of carbonyl (C=O) groups excluding carboxylic acids is 2. The molecule has 0 aromatic carbocycles. The van der Waals surface area contributed by atoms with Gasteiger partial charge in [-0.15, -0.1) is 0 Å². The molecule has 0 saturated carbocycles. The highest BCUT2D eigenvalue weighted by molar-refractivity contribution is 5.92. The summed E-state index contributed by atoms with van der Waals surface area (Å²) in [4.78, 5) is 32.5. The summed E-state index contributed by atoms with van der Waals surface area (Å²) in [6.07, 6.45) is 8.15. The third-order valence-corrected chi connectivity index (χ3v) is 7.09. The summed E-state index contributed by atoms with van der Waals surface area (Å²) in [6.45, 7) is 7.02. The maximum absolute atomic E-state index is 13.3. The second-order valence-corrected chi connectivity index (χ2v) is 8.73. The molecule has 1 aromatic heterocycles. The number of piperidine rings is 2. The molecule has 0 N–H and O–H groups in total. The lowest BCUT2D eigenvalue weighted by Crippen LogP contribution is -2.61. The minimum absolute atomic E-state index is 0.00618. The number of nitrogens with zero attached hydrogens (tertiary/aromatic N) is 5. The molecule has 0 radical (unpaired) electrons. The SMILES string of the molecule is CCn1ccc(C(=O)N2CCC3(CCCN(C)C3C(=O)N3CCCC3)CC2)n1. The second-order valence-electron chi connectivity index (χ2n) is 8.73. The molecule has 1 unspecified atom stereocenters. The number of likely N-dealkylation sites (N-methyl/N-ethyl adjacent to an activating group) is 1. The van der Waals surface area contributed by atoms with Crippen molar-refractivity contribution < 1.29 is 9.59 Å². The Bertz CT molecular complexity index is 716. The van der Waals surface area contributed by atoms with Crippen LogP contribution in [0.25, 0.3) is 0 Å². The number of amides is 2. The number of rotatable bonds is 3. The van der Waals surface area contributed by atoms with Crippen LogP contribution in [-0.2, 0) is 11.3 Å². The normalized spacial score (nSPS) is 25.4. The zero-order valence-electron chi connectivity index (χ0n) is 17.3. The first-order valence-electron chi connectivity index (χ1n) is 10.9. The molecule has 2 amide bonds. The van der Waals surface area contributed by atoms with E-state index in [-0.39, 0.29) is 17.4 Å². The van der Waals surface area contributed by atoms with Crippen LogP contribution < -0.4 is 0 Å². The molecule has 4 rings (SSSR count). The number of hydrogen-bond acceptors (Lipinski definition) is 4. The van der Waals surface area contributed by atoms with Crippen molar-refractivity contribution in [2.45, 2.75) is 58.0 Å². The van der Waals surface area contributed by atoms with Gasteiger partial charge in [0.15, 0.2) is 0 Å². The van der Waals surface area contributed by atoms with E-state index in [9.17, 15) is 9.59 Å². The van der Waals surface area contributed by atoms with Crippen LogP contribution in [0, 0.1) is 5.41 Å². The van der Waals surface area contributed by atoms with Crippen LogP contribution in [0.5, 0.6) is 0 Å². The Hall–Kier alpha value is -1.89. The van der Waals surface area contributed by atoms with E-state index in [1.54, 1.807) is 4.68 Å². The third kappa shape index (κ3) is 3.45. The smallest absolute Gasteiger partial charge is 0.274 e. The van der Waals surface area contributed by atoms with Crippen molar-refractivity contribution in [2.24, 2.45) is 5.41 Å². The number of carbonyl (C=O) groups is 2. The molecule has 4 heterocycles. The number of likely N-dealkylation sites (tertiary alicyclic amines) is 3. The lowest BCUT2D eigenvalue weighted by molar-refractivity contribution is -0.145. The van der Waals surface area contributed by atoms with Gasteiger partial charge in [-0.25, -0.2) is 0 Å². The van der Waals surface area contributed by atoms with E-state index < -0.39 is 0 Å². The van der Waals surface area contributed by atoms with E-state index in [4.69, 9.17) is 0 Å². The highest BCUT2D eigenvalue weighted by Gasteiger charge is 2.50. The Labute approximate surface area is 167 Å². The van der Waals surface area contributed by atoms with Crippen LogP contribution in [0.2, 0.25) is 0 Å². The predicted molar refractivity (Wildman–Crippen MR) is 107 cm³/mol. The van der Waals surface area contributed by atoms with Crippen LogP contribution in [0.4, 0.5) is 0 Å². The van der Waals surface area contributed by atoms with E-state index in [0.717, 1.165) is 77.8 Å². The van der Waals surface area contributed by atoms with Gasteiger partial charge in [0.1, 0.15) is 5.69 Å². The van der Waals surface area contributed by atoms with Crippen molar-refractivity contribution in [3.8, 4) is 0 Å². The lowest BCUT2D eigenvalue weighted by atomic mass is 9.66. The van der Waals surface area contributed by atoms with Crippen LogP contribution in [0.3, 0.4) is 0 Å². The number of hydrogen-bond donors (Lipinski definition) is 0. The van der Waals surface area contributed by atoms with Crippen molar-refractivity contribution in [2.75, 3.05) is 39.8 Å². The van der Waals surface area contributed by atoms with Crippen LogP contribution >= 0.6 is 0 Å². The van der Waals surface area contributed by atoms with E-state index in [1.807, 2.05) is 24.1 Å². The minimum Gasteiger partial charge on any atom is -0.341 e. The maximum atomic E-state index is 13.3. The second kappa shape index (κ2) is 7.85. The molecule has 28 heavy (non-hydrogen) atoms. The molecule has 3 aliphatic rings. The van der Waals surface area contributed by atoms with Gasteiger partial charge in [0, 0.05) is 38.9 Å². The fraction of sp³-hybridized carbons (Fsp3) is 0.762. The van der Waals surface area contributed by atoms with Gasteiger partial charge in [0.2, 0.25) is 5.91 Å². The summed E-state index contributed by atoms with van der Waals surface area (Å²) >= 11 is 0. The Morgan fingerprint density at radius 2 is 1.75 bits per heavy atom. The van der Waals surface area contributed by atoms with Crippen molar-refractivity contribution >= 4 is 11.8 Å². The van der Waals surface area contributed by atoms with E-state index >= 15 is 0 Å². The summed E-state index contributed by atoms with van der Waals surface area (Å²) in [5, 5.41) is 4.37. The van der Waals surface area contributed by atoms with Crippen LogP contribution in [-0.4, -0.2) is 82.1 Å². The molecular weight excluding hydrogens is 354 g/mol. The van der Waals surface area contributed by atoms with Gasteiger partial charge in [0.25, 0.3) is 5.91 Å². The Kier molecular flexibility index (Phi) is 5.45. The highest BCUT2D eigenvalue weighted by atomic mass is 16.2. The zero-order valence-corrected chi connectivity index (χ0v) is 17.3. The fourth-order valence-electron chi connectivity index (χ4n) is 5.47. The summed E-state index contributed by atoms with van der Waals surface area (Å²) in [5.74, 6) is 0.342. The van der Waals surface area contributed by atoms with E-state index in [1.165, 1.54) is 0 Å². The molecule has 1 atom stereocenters. The van der Waals surface area contributed by atoms with E-state index in [0.29, 0.717) is 11.6 Å². The average molecular weight is 388 g/mol. The minimum atomic E-state index is -0.0316. The summed E-state index contributed by atoms with van der Waals surface area (Å²) < 4.78 is 1.79. The quantitative estimate of drug-likeness (QED) is 0.794. The van der Waals surface area contributed by atoms with Crippen molar-refractivity contribution in [1.29, 1.82) is 0 Å². The molecule has 3 saturated heterocycles. The van der Waals surface area contributed by atoms with Gasteiger partial charge >= 0.3 is 0 Å². The van der Waals surface area contributed by atoms with Crippen molar-refractivity contribution in [3.05, 3.63) is 18.0 Å². The number of aryl methyl sites for hydroxylation is 1. The molecule has 1 spiro atoms. The lowest BCUT2D eigenvalue weighted by Gasteiger charge is -2.52. The van der Waals surface area contributed by atoms with Crippen LogP contribution in [0.15, 0.2) is 12.3 Å². The summed E-state index contributed by atoms with van der Waals surface area (Å²) in [6, 6.07) is 1.78. The Morgan fingerprint density at radius 1 is 1.04 bits per heavy atom. The Balaban J connectivity index is 1.47. The molecule has 0 aliphatic carbocycles. The first-order valence-corrected chi connectivity index (χ1v) is 10.9. The van der Waals surface area contributed by atoms with E-state index in [2.05, 4.69) is 21.9 Å². The average Bonchev–Trinajstić information content (AvgIpc) is 3.40. The maximum Gasteiger partial charge on any atom is 0.274 e. The molecule has 3 fully saturated rings. The monoisotopic (exact) mass is 387 g/mol. The van der Waals surface area contributed by atoms with Crippen molar-refractivity contribution in [1.82, 2.24) is 24.5 Å². The Morgan fingerprint density at radius 3 is 2.39 bits per heavy atom. The fourth-order valence-corrected chi connectivity index (χ4v) is 5.47. The number of aromatic nitrogens is 2. The van der Waals surface area contributed by atoms with Gasteiger partial charge in [-0.2, -0.15) is 5.10 Å².